The second-order valence-electron chi connectivity index (χ2n) is 5.22. The van der Waals surface area contributed by atoms with Crippen molar-refractivity contribution in [3.05, 3.63) is 70.3 Å². The van der Waals surface area contributed by atoms with E-state index in [0.29, 0.717) is 0 Å². The Bertz CT molecular complexity index is 523. The van der Waals surface area contributed by atoms with Crippen LogP contribution in [0.3, 0.4) is 0 Å². The molecule has 1 heteroatoms. The van der Waals surface area contributed by atoms with Crippen LogP contribution in [0.2, 0.25) is 0 Å². The van der Waals surface area contributed by atoms with Gasteiger partial charge in [0.15, 0.2) is 0 Å². The van der Waals surface area contributed by atoms with Gasteiger partial charge in [0.25, 0.3) is 0 Å². The first kappa shape index (κ1) is 13.8. The Labute approximate surface area is 116 Å². The Morgan fingerprint density at radius 3 is 2.11 bits per heavy atom. The SMILES string of the molecule is CCc1ccccc1CNCc1cc(C)cc(C)c1. The Kier molecular flexibility index (Phi) is 4.75. The quantitative estimate of drug-likeness (QED) is 0.844. The molecule has 2 aromatic rings. The maximum absolute atomic E-state index is 3.55. The van der Waals surface area contributed by atoms with Gasteiger partial charge in [-0.15, -0.1) is 0 Å². The molecule has 0 radical (unpaired) electrons. The zero-order valence-electron chi connectivity index (χ0n) is 12.2. The second-order valence-corrected chi connectivity index (χ2v) is 5.22. The molecule has 0 fully saturated rings. The van der Waals surface area contributed by atoms with Crippen molar-refractivity contribution in [1.29, 1.82) is 0 Å². The summed E-state index contributed by atoms with van der Waals surface area (Å²) in [6, 6.07) is 15.4. The second kappa shape index (κ2) is 6.53. The summed E-state index contributed by atoms with van der Waals surface area (Å²) in [5, 5.41) is 3.55. The van der Waals surface area contributed by atoms with E-state index in [0.717, 1.165) is 19.5 Å². The molecule has 0 aromatic heterocycles. The van der Waals surface area contributed by atoms with Crippen molar-refractivity contribution in [2.45, 2.75) is 40.3 Å². The van der Waals surface area contributed by atoms with Gasteiger partial charge in [-0.25, -0.2) is 0 Å². The number of aryl methyl sites for hydroxylation is 3. The summed E-state index contributed by atoms with van der Waals surface area (Å²) in [5.74, 6) is 0. The van der Waals surface area contributed by atoms with E-state index in [9.17, 15) is 0 Å². The van der Waals surface area contributed by atoms with Gasteiger partial charge >= 0.3 is 0 Å². The van der Waals surface area contributed by atoms with E-state index in [4.69, 9.17) is 0 Å². The highest BCUT2D eigenvalue weighted by Crippen LogP contribution is 2.11. The fourth-order valence-corrected chi connectivity index (χ4v) is 2.59. The van der Waals surface area contributed by atoms with Gasteiger partial charge in [0.1, 0.15) is 0 Å². The molecule has 0 aliphatic heterocycles. The van der Waals surface area contributed by atoms with E-state index in [-0.39, 0.29) is 0 Å². The van der Waals surface area contributed by atoms with Crippen LogP contribution in [-0.2, 0) is 19.5 Å². The third-order valence-electron chi connectivity index (χ3n) is 3.43. The van der Waals surface area contributed by atoms with Crippen LogP contribution < -0.4 is 5.32 Å². The topological polar surface area (TPSA) is 12.0 Å². The Morgan fingerprint density at radius 2 is 1.47 bits per heavy atom. The zero-order chi connectivity index (χ0) is 13.7. The van der Waals surface area contributed by atoms with Crippen molar-refractivity contribution in [3.63, 3.8) is 0 Å². The molecule has 19 heavy (non-hydrogen) atoms. The number of hydrogen-bond donors (Lipinski definition) is 1. The van der Waals surface area contributed by atoms with E-state index >= 15 is 0 Å². The molecule has 0 amide bonds. The van der Waals surface area contributed by atoms with Crippen molar-refractivity contribution in [2.24, 2.45) is 0 Å². The van der Waals surface area contributed by atoms with Gasteiger partial charge in [-0.1, -0.05) is 60.5 Å². The van der Waals surface area contributed by atoms with Crippen molar-refractivity contribution in [1.82, 2.24) is 5.32 Å². The molecule has 0 spiro atoms. The van der Waals surface area contributed by atoms with E-state index < -0.39 is 0 Å². The van der Waals surface area contributed by atoms with Gasteiger partial charge in [0, 0.05) is 13.1 Å². The van der Waals surface area contributed by atoms with E-state index in [1.165, 1.54) is 27.8 Å². The first-order chi connectivity index (χ1) is 9.19. The molecule has 1 N–H and O–H groups in total. The van der Waals surface area contributed by atoms with E-state index in [2.05, 4.69) is 68.6 Å². The lowest BCUT2D eigenvalue weighted by Gasteiger charge is -2.10. The monoisotopic (exact) mass is 253 g/mol. The first-order valence-electron chi connectivity index (χ1n) is 7.03. The minimum absolute atomic E-state index is 0.931. The highest BCUT2D eigenvalue weighted by molar-refractivity contribution is 5.29. The van der Waals surface area contributed by atoms with Crippen LogP contribution in [0, 0.1) is 13.8 Å². The molecule has 0 aliphatic carbocycles. The molecular formula is C18H23N. The maximum Gasteiger partial charge on any atom is 0.0211 e. The predicted molar refractivity (Wildman–Crippen MR) is 82.3 cm³/mol. The Hall–Kier alpha value is -1.60. The van der Waals surface area contributed by atoms with Gasteiger partial charge in [0.2, 0.25) is 0 Å². The number of hydrogen-bond acceptors (Lipinski definition) is 1. The third kappa shape index (κ3) is 3.93. The zero-order valence-corrected chi connectivity index (χ0v) is 12.2. The minimum Gasteiger partial charge on any atom is -0.309 e. The minimum atomic E-state index is 0.931. The first-order valence-corrected chi connectivity index (χ1v) is 7.03. The maximum atomic E-state index is 3.55. The van der Waals surface area contributed by atoms with Crippen LogP contribution in [0.4, 0.5) is 0 Å². The van der Waals surface area contributed by atoms with Gasteiger partial charge in [-0.2, -0.15) is 0 Å². The highest BCUT2D eigenvalue weighted by atomic mass is 14.8. The Morgan fingerprint density at radius 1 is 0.842 bits per heavy atom. The van der Waals surface area contributed by atoms with Crippen LogP contribution in [0.25, 0.3) is 0 Å². The molecule has 0 heterocycles. The molecule has 100 valence electrons. The van der Waals surface area contributed by atoms with E-state index in [1.54, 1.807) is 0 Å². The van der Waals surface area contributed by atoms with Crippen molar-refractivity contribution >= 4 is 0 Å². The third-order valence-corrected chi connectivity index (χ3v) is 3.43. The fraction of sp³-hybridized carbons (Fsp3) is 0.333. The van der Waals surface area contributed by atoms with Crippen molar-refractivity contribution in [2.75, 3.05) is 0 Å². The summed E-state index contributed by atoms with van der Waals surface area (Å²) < 4.78 is 0. The van der Waals surface area contributed by atoms with Crippen LogP contribution >= 0.6 is 0 Å². The standard InChI is InChI=1S/C18H23N/c1-4-17-7-5-6-8-18(17)13-19-12-16-10-14(2)9-15(3)11-16/h5-11,19H,4,12-13H2,1-3H3. The number of rotatable bonds is 5. The number of nitrogens with one attached hydrogen (secondary N) is 1. The molecule has 2 rings (SSSR count). The molecule has 1 nitrogen and oxygen atoms in total. The Balaban J connectivity index is 1.96. The molecule has 0 aliphatic rings. The molecule has 0 atom stereocenters. The van der Waals surface area contributed by atoms with Gasteiger partial charge in [-0.3, -0.25) is 0 Å². The smallest absolute Gasteiger partial charge is 0.0211 e. The lowest BCUT2D eigenvalue weighted by molar-refractivity contribution is 0.687. The largest absolute Gasteiger partial charge is 0.309 e. The van der Waals surface area contributed by atoms with Crippen molar-refractivity contribution < 1.29 is 0 Å². The summed E-state index contributed by atoms with van der Waals surface area (Å²) in [6.45, 7) is 8.39. The summed E-state index contributed by atoms with van der Waals surface area (Å²) >= 11 is 0. The molecule has 0 unspecified atom stereocenters. The van der Waals surface area contributed by atoms with Gasteiger partial charge < -0.3 is 5.32 Å². The lowest BCUT2D eigenvalue weighted by atomic mass is 10.0. The van der Waals surface area contributed by atoms with Gasteiger partial charge in [0.05, 0.1) is 0 Å². The van der Waals surface area contributed by atoms with Crippen LogP contribution in [0.1, 0.15) is 34.7 Å². The lowest BCUT2D eigenvalue weighted by Crippen LogP contribution is -2.14. The van der Waals surface area contributed by atoms with Crippen LogP contribution in [-0.4, -0.2) is 0 Å². The highest BCUT2D eigenvalue weighted by Gasteiger charge is 2.00. The summed E-state index contributed by atoms with van der Waals surface area (Å²) in [4.78, 5) is 0. The summed E-state index contributed by atoms with van der Waals surface area (Å²) in [6.07, 6.45) is 1.10. The average molecular weight is 253 g/mol. The summed E-state index contributed by atoms with van der Waals surface area (Å²) in [7, 11) is 0. The normalized spacial score (nSPS) is 10.7. The van der Waals surface area contributed by atoms with Crippen molar-refractivity contribution in [3.8, 4) is 0 Å². The summed E-state index contributed by atoms with van der Waals surface area (Å²) in [5.41, 5.74) is 6.90. The fourth-order valence-electron chi connectivity index (χ4n) is 2.59. The molecule has 0 saturated heterocycles. The molecule has 0 bridgehead atoms. The van der Waals surface area contributed by atoms with Crippen LogP contribution in [0.5, 0.6) is 0 Å². The molecular weight excluding hydrogens is 230 g/mol. The van der Waals surface area contributed by atoms with Crippen LogP contribution in [0.15, 0.2) is 42.5 Å². The predicted octanol–water partition coefficient (Wildman–Crippen LogP) is 4.16. The van der Waals surface area contributed by atoms with Gasteiger partial charge in [-0.05, 0) is 37.0 Å². The molecule has 2 aromatic carbocycles. The molecule has 0 saturated carbocycles. The average Bonchev–Trinajstić information content (AvgIpc) is 2.38. The number of benzene rings is 2. The van der Waals surface area contributed by atoms with E-state index in [1.807, 2.05) is 0 Å².